The van der Waals surface area contributed by atoms with Gasteiger partial charge in [0, 0.05) is 10.9 Å². The van der Waals surface area contributed by atoms with E-state index in [0.29, 0.717) is 15.7 Å². The number of halogens is 3. The molecule has 0 atom stereocenters. The van der Waals surface area contributed by atoms with Crippen LogP contribution in [-0.2, 0) is 4.79 Å². The fourth-order valence-electron chi connectivity index (χ4n) is 1.52. The minimum Gasteiger partial charge on any atom is -0.291 e. The van der Waals surface area contributed by atoms with Gasteiger partial charge in [-0.05, 0) is 37.5 Å². The second kappa shape index (κ2) is 5.47. The highest BCUT2D eigenvalue weighted by Crippen LogP contribution is 2.32. The molecule has 0 saturated heterocycles. The monoisotopic (exact) mass is 304 g/mol. The Morgan fingerprint density at radius 2 is 2.06 bits per heavy atom. The summed E-state index contributed by atoms with van der Waals surface area (Å²) < 4.78 is 0. The summed E-state index contributed by atoms with van der Waals surface area (Å²) in [4.78, 5) is 11.6. The molecule has 1 saturated carbocycles. The van der Waals surface area contributed by atoms with E-state index >= 15 is 0 Å². The van der Waals surface area contributed by atoms with Crippen molar-refractivity contribution in [3.63, 3.8) is 0 Å². The van der Waals surface area contributed by atoms with Crippen LogP contribution in [0.5, 0.6) is 0 Å². The summed E-state index contributed by atoms with van der Waals surface area (Å²) in [5.41, 5.74) is 4.15. The van der Waals surface area contributed by atoms with E-state index in [2.05, 4.69) is 10.5 Å². The number of hydrogen-bond acceptors (Lipinski definition) is 3. The molecule has 18 heavy (non-hydrogen) atoms. The van der Waals surface area contributed by atoms with Crippen molar-refractivity contribution in [3.8, 4) is 0 Å². The van der Waals surface area contributed by atoms with Gasteiger partial charge in [-0.2, -0.15) is 5.10 Å². The number of aryl methyl sites for hydroxylation is 1. The zero-order chi connectivity index (χ0) is 13.3. The van der Waals surface area contributed by atoms with E-state index in [0.717, 1.165) is 18.4 Å². The third kappa shape index (κ3) is 3.16. The Morgan fingerprint density at radius 3 is 2.61 bits per heavy atom. The molecule has 1 aliphatic rings. The van der Waals surface area contributed by atoms with Crippen molar-refractivity contribution in [1.82, 2.24) is 0 Å². The van der Waals surface area contributed by atoms with Crippen LogP contribution in [0, 0.1) is 12.8 Å². The number of nitrogens with zero attached hydrogens (tertiary/aromatic N) is 1. The predicted octanol–water partition coefficient (Wildman–Crippen LogP) is 4.25. The summed E-state index contributed by atoms with van der Waals surface area (Å²) in [7, 11) is 0. The smallest absolute Gasteiger partial charge is 0.197 e. The Morgan fingerprint density at radius 1 is 1.39 bits per heavy atom. The topological polar surface area (TPSA) is 41.5 Å². The van der Waals surface area contributed by atoms with Crippen molar-refractivity contribution < 1.29 is 4.79 Å². The quantitative estimate of drug-likeness (QED) is 0.667. The van der Waals surface area contributed by atoms with Crippen LogP contribution in [0.25, 0.3) is 0 Å². The first-order valence-electron chi connectivity index (χ1n) is 5.48. The first-order valence-corrected chi connectivity index (χ1v) is 6.61. The van der Waals surface area contributed by atoms with Gasteiger partial charge in [-0.3, -0.25) is 10.2 Å². The number of hydrogen-bond donors (Lipinski definition) is 1. The van der Waals surface area contributed by atoms with Crippen LogP contribution in [0.1, 0.15) is 18.4 Å². The minimum absolute atomic E-state index is 0.0390. The van der Waals surface area contributed by atoms with Crippen LogP contribution >= 0.6 is 34.8 Å². The molecule has 0 aliphatic heterocycles. The van der Waals surface area contributed by atoms with Crippen molar-refractivity contribution >= 4 is 51.4 Å². The molecule has 1 fully saturated rings. The predicted molar refractivity (Wildman–Crippen MR) is 75.8 cm³/mol. The lowest BCUT2D eigenvalue weighted by molar-refractivity contribution is -0.113. The van der Waals surface area contributed by atoms with Gasteiger partial charge in [-0.1, -0.05) is 34.8 Å². The van der Waals surface area contributed by atoms with Gasteiger partial charge in [-0.15, -0.1) is 0 Å². The highest BCUT2D eigenvalue weighted by molar-refractivity contribution is 6.83. The second-order valence-corrected chi connectivity index (χ2v) is 5.43. The average Bonchev–Trinajstić information content (AvgIpc) is 3.09. The van der Waals surface area contributed by atoms with Gasteiger partial charge in [0.1, 0.15) is 0 Å². The highest BCUT2D eigenvalue weighted by atomic mass is 35.5. The molecule has 96 valence electrons. The first kappa shape index (κ1) is 13.7. The second-order valence-electron chi connectivity index (χ2n) is 4.23. The largest absolute Gasteiger partial charge is 0.291 e. The fourth-order valence-corrected chi connectivity index (χ4v) is 2.35. The lowest BCUT2D eigenvalue weighted by Gasteiger charge is -2.08. The van der Waals surface area contributed by atoms with Gasteiger partial charge in [0.2, 0.25) is 0 Å². The van der Waals surface area contributed by atoms with Gasteiger partial charge in [0.25, 0.3) is 0 Å². The molecule has 0 unspecified atom stereocenters. The van der Waals surface area contributed by atoms with E-state index in [1.165, 1.54) is 0 Å². The molecule has 1 N–H and O–H groups in total. The van der Waals surface area contributed by atoms with Gasteiger partial charge < -0.3 is 0 Å². The molecule has 0 heterocycles. The lowest BCUT2D eigenvalue weighted by atomic mass is 10.2. The Bertz CT molecular complexity index is 501. The summed E-state index contributed by atoms with van der Waals surface area (Å²) in [6.45, 7) is 1.84. The van der Waals surface area contributed by atoms with E-state index in [9.17, 15) is 4.79 Å². The van der Waals surface area contributed by atoms with E-state index in [1.807, 2.05) is 6.92 Å². The Labute approximate surface area is 120 Å². The number of nitrogens with one attached hydrogen (secondary N) is 1. The summed E-state index contributed by atoms with van der Waals surface area (Å²) >= 11 is 17.7. The van der Waals surface area contributed by atoms with Gasteiger partial charge in [0.05, 0.1) is 10.7 Å². The zero-order valence-electron chi connectivity index (χ0n) is 9.64. The Kier molecular flexibility index (Phi) is 4.15. The summed E-state index contributed by atoms with van der Waals surface area (Å²) in [6, 6.07) is 3.35. The third-order valence-electron chi connectivity index (χ3n) is 2.67. The summed E-state index contributed by atoms with van der Waals surface area (Å²) in [5.74, 6) is -0.0725. The number of carbonyl (C=O) groups is 1. The molecular weight excluding hydrogens is 295 g/mol. The average molecular weight is 306 g/mol. The first-order chi connectivity index (χ1) is 8.49. The molecule has 3 nitrogen and oxygen atoms in total. The maximum absolute atomic E-state index is 11.6. The number of rotatable bonds is 4. The normalized spacial score (nSPS) is 15.7. The molecule has 0 aromatic heterocycles. The van der Waals surface area contributed by atoms with Crippen LogP contribution in [0.15, 0.2) is 17.2 Å². The molecule has 6 heteroatoms. The van der Waals surface area contributed by atoms with Crippen molar-refractivity contribution in [3.05, 3.63) is 27.7 Å². The van der Waals surface area contributed by atoms with Gasteiger partial charge in [-0.25, -0.2) is 0 Å². The van der Waals surface area contributed by atoms with Crippen molar-refractivity contribution in [2.24, 2.45) is 11.0 Å². The number of carbonyl (C=O) groups excluding carboxylic acids is 1. The van der Waals surface area contributed by atoms with Crippen LogP contribution < -0.4 is 5.43 Å². The van der Waals surface area contributed by atoms with E-state index in [-0.39, 0.29) is 16.9 Å². The molecule has 1 aliphatic carbocycles. The van der Waals surface area contributed by atoms with E-state index in [4.69, 9.17) is 34.8 Å². The van der Waals surface area contributed by atoms with E-state index < -0.39 is 0 Å². The molecular formula is C12H11Cl3N2O. The highest BCUT2D eigenvalue weighted by Gasteiger charge is 2.32. The Hall–Kier alpha value is -0.770. The number of ketones is 1. The van der Waals surface area contributed by atoms with E-state index in [1.54, 1.807) is 12.1 Å². The van der Waals surface area contributed by atoms with Crippen LogP contribution in [0.3, 0.4) is 0 Å². The number of Topliss-reactive ketones (excluding diaryl/α,β-unsaturated/α-hetero) is 1. The SMILES string of the molecule is Cc1cc(Cl)cc(Cl)c1NN=C(Cl)C(=O)C1CC1. The van der Waals surface area contributed by atoms with Crippen LogP contribution in [0.2, 0.25) is 10.0 Å². The molecule has 0 radical (unpaired) electrons. The van der Waals surface area contributed by atoms with Gasteiger partial charge in [0.15, 0.2) is 11.0 Å². The molecule has 0 spiro atoms. The zero-order valence-corrected chi connectivity index (χ0v) is 11.9. The van der Waals surface area contributed by atoms with Crippen molar-refractivity contribution in [2.45, 2.75) is 19.8 Å². The molecule has 1 aromatic rings. The van der Waals surface area contributed by atoms with Crippen molar-refractivity contribution in [1.29, 1.82) is 0 Å². The number of benzene rings is 1. The molecule has 0 bridgehead atoms. The molecule has 2 rings (SSSR count). The van der Waals surface area contributed by atoms with Gasteiger partial charge >= 0.3 is 0 Å². The lowest BCUT2D eigenvalue weighted by Crippen LogP contribution is -2.11. The van der Waals surface area contributed by atoms with Crippen LogP contribution in [0.4, 0.5) is 5.69 Å². The van der Waals surface area contributed by atoms with Crippen molar-refractivity contribution in [2.75, 3.05) is 5.43 Å². The summed E-state index contributed by atoms with van der Waals surface area (Å²) in [6.07, 6.45) is 1.79. The number of hydrazone groups is 1. The molecule has 1 aromatic carbocycles. The standard InChI is InChI=1S/C12H11Cl3N2O/c1-6-4-8(13)5-9(14)10(6)16-17-12(15)11(18)7-2-3-7/h4-5,7,16H,2-3H2,1H3. The minimum atomic E-state index is -0.119. The molecule has 0 amide bonds. The Balaban J connectivity index is 2.14. The maximum atomic E-state index is 11.6. The third-order valence-corrected chi connectivity index (χ3v) is 3.46. The van der Waals surface area contributed by atoms with Crippen LogP contribution in [-0.4, -0.2) is 11.0 Å². The maximum Gasteiger partial charge on any atom is 0.197 e. The number of anilines is 1. The fraction of sp³-hybridized carbons (Fsp3) is 0.333. The summed E-state index contributed by atoms with van der Waals surface area (Å²) in [5, 5.41) is 4.81.